The van der Waals surface area contributed by atoms with Gasteiger partial charge in [-0.25, -0.2) is 0 Å². The molecule has 0 saturated carbocycles. The highest BCUT2D eigenvalue weighted by Gasteiger charge is 2.25. The summed E-state index contributed by atoms with van der Waals surface area (Å²) in [5, 5.41) is 3.56. The van der Waals surface area contributed by atoms with Gasteiger partial charge in [-0.3, -0.25) is 0 Å². The van der Waals surface area contributed by atoms with E-state index >= 15 is 0 Å². The van der Waals surface area contributed by atoms with Gasteiger partial charge in [-0.15, -0.1) is 0 Å². The van der Waals surface area contributed by atoms with Crippen LogP contribution in [-0.4, -0.2) is 12.1 Å². The zero-order valence-corrected chi connectivity index (χ0v) is 8.61. The highest BCUT2D eigenvalue weighted by atomic mass is 15.0. The predicted molar refractivity (Wildman–Crippen MR) is 59.0 cm³/mol. The van der Waals surface area contributed by atoms with Crippen molar-refractivity contribution in [3.8, 4) is 0 Å². The second kappa shape index (κ2) is 4.11. The van der Waals surface area contributed by atoms with Crippen molar-refractivity contribution in [1.82, 2.24) is 5.32 Å². The molecular weight excluding hydrogens is 172 g/mol. The van der Waals surface area contributed by atoms with Crippen LogP contribution in [0.3, 0.4) is 0 Å². The summed E-state index contributed by atoms with van der Waals surface area (Å²) < 4.78 is 0. The minimum atomic E-state index is 0.258. The molecule has 0 bridgehead atoms. The normalized spacial score (nSPS) is 32.9. The van der Waals surface area contributed by atoms with E-state index in [1.165, 1.54) is 12.0 Å². The van der Waals surface area contributed by atoms with E-state index in [0.29, 0.717) is 12.1 Å². The third kappa shape index (κ3) is 1.97. The van der Waals surface area contributed by atoms with E-state index in [0.717, 1.165) is 6.42 Å². The Kier molecular flexibility index (Phi) is 2.85. The van der Waals surface area contributed by atoms with Gasteiger partial charge in [0, 0.05) is 18.1 Å². The smallest absolute Gasteiger partial charge is 0.0475 e. The van der Waals surface area contributed by atoms with Crippen molar-refractivity contribution in [2.75, 3.05) is 0 Å². The lowest BCUT2D eigenvalue weighted by Gasteiger charge is -2.34. The van der Waals surface area contributed by atoms with Crippen molar-refractivity contribution in [2.24, 2.45) is 5.73 Å². The Labute approximate surface area is 85.5 Å². The van der Waals surface area contributed by atoms with Crippen molar-refractivity contribution >= 4 is 0 Å². The molecule has 0 amide bonds. The second-order valence-electron chi connectivity index (χ2n) is 4.20. The van der Waals surface area contributed by atoms with Crippen LogP contribution in [0.15, 0.2) is 30.3 Å². The number of piperidine rings is 1. The molecule has 1 fully saturated rings. The summed E-state index contributed by atoms with van der Waals surface area (Å²) in [7, 11) is 0. The summed E-state index contributed by atoms with van der Waals surface area (Å²) in [6.45, 7) is 2.22. The van der Waals surface area contributed by atoms with Crippen LogP contribution in [-0.2, 0) is 0 Å². The molecule has 0 unspecified atom stereocenters. The SMILES string of the molecule is C[C@H]1CC[C@H](N)[C@H](c2ccccc2)N1. The number of hydrogen-bond acceptors (Lipinski definition) is 2. The van der Waals surface area contributed by atoms with E-state index in [9.17, 15) is 0 Å². The van der Waals surface area contributed by atoms with Crippen LogP contribution >= 0.6 is 0 Å². The minimum Gasteiger partial charge on any atom is -0.326 e. The quantitative estimate of drug-likeness (QED) is 0.709. The topological polar surface area (TPSA) is 38.0 Å². The molecule has 2 heteroatoms. The Morgan fingerprint density at radius 1 is 1.21 bits per heavy atom. The number of nitrogens with two attached hydrogens (primary N) is 1. The predicted octanol–water partition coefficient (Wildman–Crippen LogP) is 1.83. The third-order valence-corrected chi connectivity index (χ3v) is 2.98. The molecule has 1 aliphatic heterocycles. The summed E-state index contributed by atoms with van der Waals surface area (Å²) in [6, 6.07) is 11.7. The van der Waals surface area contributed by atoms with E-state index in [-0.39, 0.29) is 6.04 Å². The van der Waals surface area contributed by atoms with Gasteiger partial charge in [0.25, 0.3) is 0 Å². The first-order chi connectivity index (χ1) is 6.77. The lowest BCUT2D eigenvalue weighted by atomic mass is 9.90. The molecule has 2 nitrogen and oxygen atoms in total. The molecular formula is C12H18N2. The second-order valence-corrected chi connectivity index (χ2v) is 4.20. The van der Waals surface area contributed by atoms with Gasteiger partial charge in [0.1, 0.15) is 0 Å². The standard InChI is InChI=1S/C12H18N2/c1-9-7-8-11(13)12(14-9)10-5-3-2-4-6-10/h2-6,9,11-12,14H,7-8,13H2,1H3/t9-,11-,12-/m0/s1. The number of nitrogens with one attached hydrogen (secondary N) is 1. The maximum absolute atomic E-state index is 6.11. The first-order valence-corrected chi connectivity index (χ1v) is 5.34. The molecule has 1 saturated heterocycles. The molecule has 1 heterocycles. The molecule has 76 valence electrons. The lowest BCUT2D eigenvalue weighted by molar-refractivity contribution is 0.301. The molecule has 2 rings (SSSR count). The van der Waals surface area contributed by atoms with Crippen LogP contribution < -0.4 is 11.1 Å². The van der Waals surface area contributed by atoms with Gasteiger partial charge < -0.3 is 11.1 Å². The van der Waals surface area contributed by atoms with Crippen molar-refractivity contribution in [3.63, 3.8) is 0 Å². The van der Waals surface area contributed by atoms with Crippen molar-refractivity contribution in [3.05, 3.63) is 35.9 Å². The van der Waals surface area contributed by atoms with Crippen molar-refractivity contribution in [2.45, 2.75) is 37.9 Å². The van der Waals surface area contributed by atoms with Crippen LogP contribution in [0.1, 0.15) is 31.4 Å². The minimum absolute atomic E-state index is 0.258. The number of hydrogen-bond donors (Lipinski definition) is 2. The maximum atomic E-state index is 6.11. The molecule has 1 aromatic carbocycles. The average Bonchev–Trinajstić information content (AvgIpc) is 2.23. The molecule has 14 heavy (non-hydrogen) atoms. The Balaban J connectivity index is 2.16. The zero-order valence-electron chi connectivity index (χ0n) is 8.61. The third-order valence-electron chi connectivity index (χ3n) is 2.98. The summed E-state index contributed by atoms with van der Waals surface area (Å²) in [5.41, 5.74) is 7.42. The summed E-state index contributed by atoms with van der Waals surface area (Å²) in [5.74, 6) is 0. The Bertz CT molecular complexity index is 284. The fourth-order valence-electron chi connectivity index (χ4n) is 2.13. The molecule has 1 aromatic rings. The molecule has 1 aliphatic rings. The van der Waals surface area contributed by atoms with E-state index in [1.54, 1.807) is 0 Å². The Morgan fingerprint density at radius 2 is 1.93 bits per heavy atom. The number of rotatable bonds is 1. The van der Waals surface area contributed by atoms with Crippen molar-refractivity contribution in [1.29, 1.82) is 0 Å². The monoisotopic (exact) mass is 190 g/mol. The molecule has 0 aliphatic carbocycles. The molecule has 0 spiro atoms. The maximum Gasteiger partial charge on any atom is 0.0475 e. The highest BCUT2D eigenvalue weighted by Crippen LogP contribution is 2.24. The summed E-state index contributed by atoms with van der Waals surface area (Å²) >= 11 is 0. The van der Waals surface area contributed by atoms with Gasteiger partial charge in [0.15, 0.2) is 0 Å². The lowest BCUT2D eigenvalue weighted by Crippen LogP contribution is -2.46. The summed E-state index contributed by atoms with van der Waals surface area (Å²) in [4.78, 5) is 0. The van der Waals surface area contributed by atoms with Gasteiger partial charge in [0.05, 0.1) is 0 Å². The molecule has 0 aromatic heterocycles. The van der Waals surface area contributed by atoms with E-state index < -0.39 is 0 Å². The highest BCUT2D eigenvalue weighted by molar-refractivity contribution is 5.21. The van der Waals surface area contributed by atoms with Crippen LogP contribution in [0.2, 0.25) is 0 Å². The largest absolute Gasteiger partial charge is 0.326 e. The molecule has 3 N–H and O–H groups in total. The first-order valence-electron chi connectivity index (χ1n) is 5.34. The average molecular weight is 190 g/mol. The van der Waals surface area contributed by atoms with Crippen LogP contribution in [0, 0.1) is 0 Å². The summed E-state index contributed by atoms with van der Waals surface area (Å²) in [6.07, 6.45) is 2.30. The zero-order chi connectivity index (χ0) is 9.97. The molecule has 3 atom stereocenters. The number of benzene rings is 1. The van der Waals surface area contributed by atoms with E-state index in [2.05, 4.69) is 36.5 Å². The fourth-order valence-corrected chi connectivity index (χ4v) is 2.13. The van der Waals surface area contributed by atoms with Crippen LogP contribution in [0.5, 0.6) is 0 Å². The first kappa shape index (κ1) is 9.69. The van der Waals surface area contributed by atoms with E-state index in [4.69, 9.17) is 5.73 Å². The van der Waals surface area contributed by atoms with Crippen LogP contribution in [0.25, 0.3) is 0 Å². The van der Waals surface area contributed by atoms with Gasteiger partial charge in [-0.2, -0.15) is 0 Å². The van der Waals surface area contributed by atoms with Gasteiger partial charge in [-0.05, 0) is 25.3 Å². The van der Waals surface area contributed by atoms with Crippen LogP contribution in [0.4, 0.5) is 0 Å². The van der Waals surface area contributed by atoms with Crippen molar-refractivity contribution < 1.29 is 0 Å². The van der Waals surface area contributed by atoms with Gasteiger partial charge in [-0.1, -0.05) is 30.3 Å². The van der Waals surface area contributed by atoms with Gasteiger partial charge >= 0.3 is 0 Å². The Morgan fingerprint density at radius 3 is 2.64 bits per heavy atom. The van der Waals surface area contributed by atoms with E-state index in [1.807, 2.05) is 6.07 Å². The molecule has 0 radical (unpaired) electrons. The fraction of sp³-hybridized carbons (Fsp3) is 0.500. The van der Waals surface area contributed by atoms with Gasteiger partial charge in [0.2, 0.25) is 0 Å². The Hall–Kier alpha value is -0.860.